The Balaban J connectivity index is 2.46. The van der Waals surface area contributed by atoms with Gasteiger partial charge in [0.1, 0.15) is 6.29 Å². The van der Waals surface area contributed by atoms with Crippen LogP contribution >= 0.6 is 0 Å². The van der Waals surface area contributed by atoms with Gasteiger partial charge in [0.05, 0.1) is 0 Å². The zero-order valence-corrected chi connectivity index (χ0v) is 7.29. The number of aldehydes is 1. The third-order valence-corrected chi connectivity index (χ3v) is 1.72. The Bertz CT molecular complexity index is 258. The fourth-order valence-corrected chi connectivity index (χ4v) is 1.14. The number of aromatic nitrogens is 1. The molecule has 0 fully saturated rings. The molecule has 2 nitrogen and oxygen atoms in total. The number of carbonyl (C=O) groups excluding carboxylic acids is 1. The van der Waals surface area contributed by atoms with E-state index < -0.39 is 0 Å². The van der Waals surface area contributed by atoms with E-state index in [0.717, 1.165) is 19.1 Å². The van der Waals surface area contributed by atoms with Crippen molar-refractivity contribution in [1.82, 2.24) is 4.98 Å². The molecule has 0 amide bonds. The Morgan fingerprint density at radius 2 is 2.33 bits per heavy atom. The molecule has 0 radical (unpaired) electrons. The molecule has 0 unspecified atom stereocenters. The first-order valence-electron chi connectivity index (χ1n) is 4.17. The smallest absolute Gasteiger partial charge is 0.120 e. The number of unbranched alkanes of at least 4 members (excludes halogenated alkanes) is 1. The van der Waals surface area contributed by atoms with Crippen LogP contribution in [0.5, 0.6) is 0 Å². The first-order valence-corrected chi connectivity index (χ1v) is 4.17. The minimum Gasteiger partial charge on any atom is -0.303 e. The summed E-state index contributed by atoms with van der Waals surface area (Å²) in [5, 5.41) is 0. The Morgan fingerprint density at radius 1 is 1.50 bits per heavy atom. The lowest BCUT2D eigenvalue weighted by Crippen LogP contribution is -1.88. The van der Waals surface area contributed by atoms with E-state index in [1.165, 1.54) is 11.1 Å². The lowest BCUT2D eigenvalue weighted by Gasteiger charge is -1.98. The Hall–Kier alpha value is -1.18. The van der Waals surface area contributed by atoms with E-state index in [1.54, 1.807) is 0 Å². The molecule has 0 aliphatic carbocycles. The van der Waals surface area contributed by atoms with E-state index in [2.05, 4.69) is 11.1 Å². The van der Waals surface area contributed by atoms with Crippen LogP contribution in [0.1, 0.15) is 24.0 Å². The highest BCUT2D eigenvalue weighted by Crippen LogP contribution is 2.04. The van der Waals surface area contributed by atoms with Crippen LogP contribution in [0.15, 0.2) is 18.5 Å². The zero-order chi connectivity index (χ0) is 8.81. The minimum atomic E-state index is 0.647. The first kappa shape index (κ1) is 8.91. The normalized spacial score (nSPS) is 9.75. The molecule has 0 bridgehead atoms. The largest absolute Gasteiger partial charge is 0.303 e. The van der Waals surface area contributed by atoms with E-state index >= 15 is 0 Å². The van der Waals surface area contributed by atoms with Crippen LogP contribution in [0.2, 0.25) is 0 Å². The maximum Gasteiger partial charge on any atom is 0.120 e. The average molecular weight is 163 g/mol. The molecule has 0 saturated heterocycles. The summed E-state index contributed by atoms with van der Waals surface area (Å²) in [6.45, 7) is 2.02. The Morgan fingerprint density at radius 3 is 3.00 bits per heavy atom. The topological polar surface area (TPSA) is 30.0 Å². The van der Waals surface area contributed by atoms with E-state index in [0.29, 0.717) is 6.42 Å². The summed E-state index contributed by atoms with van der Waals surface area (Å²) in [6, 6.07) is 2.11. The fourth-order valence-electron chi connectivity index (χ4n) is 1.14. The molecule has 0 aliphatic heterocycles. The zero-order valence-electron chi connectivity index (χ0n) is 7.29. The molecule has 1 aromatic heterocycles. The van der Waals surface area contributed by atoms with E-state index in [9.17, 15) is 4.79 Å². The van der Waals surface area contributed by atoms with Crippen molar-refractivity contribution >= 4 is 6.29 Å². The van der Waals surface area contributed by atoms with Gasteiger partial charge in [0.2, 0.25) is 0 Å². The molecule has 1 heterocycles. The highest BCUT2D eigenvalue weighted by atomic mass is 16.1. The number of carbonyl (C=O) groups is 1. The molecular formula is C10H13NO. The van der Waals surface area contributed by atoms with Crippen LogP contribution in [0.25, 0.3) is 0 Å². The van der Waals surface area contributed by atoms with E-state index in [-0.39, 0.29) is 0 Å². The van der Waals surface area contributed by atoms with E-state index in [1.807, 2.05) is 19.3 Å². The molecule has 0 aromatic carbocycles. The molecule has 0 spiro atoms. The monoisotopic (exact) mass is 163 g/mol. The average Bonchev–Trinajstić information content (AvgIpc) is 2.05. The summed E-state index contributed by atoms with van der Waals surface area (Å²) in [5.41, 5.74) is 2.40. The van der Waals surface area contributed by atoms with Gasteiger partial charge in [-0.2, -0.15) is 0 Å². The lowest BCUT2D eigenvalue weighted by atomic mass is 10.1. The van der Waals surface area contributed by atoms with Gasteiger partial charge in [0.15, 0.2) is 0 Å². The van der Waals surface area contributed by atoms with Gasteiger partial charge in [0.25, 0.3) is 0 Å². The molecule has 1 rings (SSSR count). The quantitative estimate of drug-likeness (QED) is 0.501. The molecule has 1 aromatic rings. The summed E-state index contributed by atoms with van der Waals surface area (Å²) < 4.78 is 0. The van der Waals surface area contributed by atoms with Crippen molar-refractivity contribution < 1.29 is 4.79 Å². The van der Waals surface area contributed by atoms with Gasteiger partial charge in [-0.1, -0.05) is 6.07 Å². The highest BCUT2D eigenvalue weighted by molar-refractivity contribution is 5.49. The molecule has 2 heteroatoms. The maximum absolute atomic E-state index is 10.0. The fraction of sp³-hybridized carbons (Fsp3) is 0.400. The summed E-state index contributed by atoms with van der Waals surface area (Å²) in [7, 11) is 0. The SMILES string of the molecule is Cc1cncc(CCCC=O)c1. The minimum absolute atomic E-state index is 0.647. The second-order valence-electron chi connectivity index (χ2n) is 2.93. The molecule has 12 heavy (non-hydrogen) atoms. The van der Waals surface area contributed by atoms with E-state index in [4.69, 9.17) is 0 Å². The van der Waals surface area contributed by atoms with Crippen molar-refractivity contribution in [2.24, 2.45) is 0 Å². The Labute approximate surface area is 72.6 Å². The summed E-state index contributed by atoms with van der Waals surface area (Å²) in [4.78, 5) is 14.1. The van der Waals surface area contributed by atoms with Gasteiger partial charge in [-0.25, -0.2) is 0 Å². The van der Waals surface area contributed by atoms with Crippen molar-refractivity contribution in [1.29, 1.82) is 0 Å². The Kier molecular flexibility index (Phi) is 3.45. The number of aryl methyl sites for hydroxylation is 2. The van der Waals surface area contributed by atoms with Crippen LogP contribution in [0.4, 0.5) is 0 Å². The van der Waals surface area contributed by atoms with Gasteiger partial charge in [0, 0.05) is 18.8 Å². The predicted molar refractivity (Wildman–Crippen MR) is 48.0 cm³/mol. The third kappa shape index (κ3) is 2.82. The summed E-state index contributed by atoms with van der Waals surface area (Å²) in [6.07, 6.45) is 7.18. The van der Waals surface area contributed by atoms with Crippen molar-refractivity contribution in [3.63, 3.8) is 0 Å². The molecule has 0 saturated carbocycles. The predicted octanol–water partition coefficient (Wildman–Crippen LogP) is 1.91. The highest BCUT2D eigenvalue weighted by Gasteiger charge is 1.93. The second-order valence-corrected chi connectivity index (χ2v) is 2.93. The first-order chi connectivity index (χ1) is 5.83. The summed E-state index contributed by atoms with van der Waals surface area (Å²) >= 11 is 0. The van der Waals surface area contributed by atoms with Crippen LogP contribution in [-0.2, 0) is 11.2 Å². The van der Waals surface area contributed by atoms with Gasteiger partial charge in [-0.15, -0.1) is 0 Å². The van der Waals surface area contributed by atoms with Crippen LogP contribution in [0, 0.1) is 6.92 Å². The lowest BCUT2D eigenvalue weighted by molar-refractivity contribution is -0.107. The number of rotatable bonds is 4. The van der Waals surface area contributed by atoms with Crippen molar-refractivity contribution in [3.8, 4) is 0 Å². The molecule has 0 N–H and O–H groups in total. The number of hydrogen-bond acceptors (Lipinski definition) is 2. The van der Waals surface area contributed by atoms with Crippen LogP contribution in [-0.4, -0.2) is 11.3 Å². The number of nitrogens with zero attached hydrogens (tertiary/aromatic N) is 1. The number of hydrogen-bond donors (Lipinski definition) is 0. The van der Waals surface area contributed by atoms with Gasteiger partial charge in [-0.3, -0.25) is 4.98 Å². The van der Waals surface area contributed by atoms with Crippen LogP contribution < -0.4 is 0 Å². The standard InChI is InChI=1S/C10H13NO/c1-9-6-10(8-11-7-9)4-2-3-5-12/h5-8H,2-4H2,1H3. The van der Waals surface area contributed by atoms with Gasteiger partial charge < -0.3 is 4.79 Å². The van der Waals surface area contributed by atoms with Crippen molar-refractivity contribution in [2.45, 2.75) is 26.2 Å². The maximum atomic E-state index is 10.0. The second kappa shape index (κ2) is 4.65. The van der Waals surface area contributed by atoms with Crippen LogP contribution in [0.3, 0.4) is 0 Å². The third-order valence-electron chi connectivity index (χ3n) is 1.72. The molecule has 0 atom stereocenters. The number of pyridine rings is 1. The molecular weight excluding hydrogens is 150 g/mol. The van der Waals surface area contributed by atoms with Crippen molar-refractivity contribution in [2.75, 3.05) is 0 Å². The van der Waals surface area contributed by atoms with Crippen molar-refractivity contribution in [3.05, 3.63) is 29.6 Å². The molecule has 0 aliphatic rings. The van der Waals surface area contributed by atoms with Gasteiger partial charge in [-0.05, 0) is 30.9 Å². The summed E-state index contributed by atoms with van der Waals surface area (Å²) in [5.74, 6) is 0. The molecule has 64 valence electrons. The van der Waals surface area contributed by atoms with Gasteiger partial charge >= 0.3 is 0 Å².